The average molecular weight is 352 g/mol. The highest BCUT2D eigenvalue weighted by Crippen LogP contribution is 2.23. The molecule has 1 heterocycles. The maximum atomic E-state index is 5.80. The van der Waals surface area contributed by atoms with E-state index in [0.29, 0.717) is 13.2 Å². The lowest BCUT2D eigenvalue weighted by atomic mass is 10.2. The second kappa shape index (κ2) is 6.85. The first-order valence-corrected chi connectivity index (χ1v) is 8.54. The zero-order valence-electron chi connectivity index (χ0n) is 11.3. The van der Waals surface area contributed by atoms with Gasteiger partial charge in [-0.1, -0.05) is 34.1 Å². The summed E-state index contributed by atoms with van der Waals surface area (Å²) < 4.78 is 6.91. The molecule has 0 radical (unpaired) electrons. The van der Waals surface area contributed by atoms with E-state index in [1.165, 1.54) is 28.2 Å². The van der Waals surface area contributed by atoms with Crippen LogP contribution >= 0.6 is 27.3 Å². The molecule has 20 heavy (non-hydrogen) atoms. The fourth-order valence-corrected chi connectivity index (χ4v) is 3.31. The van der Waals surface area contributed by atoms with E-state index in [2.05, 4.69) is 39.4 Å². The second-order valence-corrected chi connectivity index (χ2v) is 7.21. The molecule has 0 saturated heterocycles. The fraction of sp³-hybridized carbons (Fsp3) is 0.375. The molecule has 0 aliphatic heterocycles. The van der Waals surface area contributed by atoms with Gasteiger partial charge in [0, 0.05) is 26.8 Å². The Bertz CT molecular complexity index is 565. The van der Waals surface area contributed by atoms with Crippen LogP contribution < -0.4 is 5.32 Å². The van der Waals surface area contributed by atoms with E-state index in [1.807, 2.05) is 29.5 Å². The Morgan fingerprint density at radius 3 is 2.70 bits per heavy atom. The zero-order chi connectivity index (χ0) is 13.8. The SMILES string of the molecule is Brc1ccccc1COCc1ccc(CNC2CC2)s1. The van der Waals surface area contributed by atoms with E-state index in [1.54, 1.807) is 0 Å². The molecule has 1 N–H and O–H groups in total. The van der Waals surface area contributed by atoms with Crippen molar-refractivity contribution in [3.63, 3.8) is 0 Å². The van der Waals surface area contributed by atoms with Gasteiger partial charge in [-0.05, 0) is 36.6 Å². The smallest absolute Gasteiger partial charge is 0.0814 e. The summed E-state index contributed by atoms with van der Waals surface area (Å²) in [6.45, 7) is 2.34. The first-order valence-electron chi connectivity index (χ1n) is 6.93. The highest BCUT2D eigenvalue weighted by molar-refractivity contribution is 9.10. The van der Waals surface area contributed by atoms with E-state index < -0.39 is 0 Å². The Hall–Kier alpha value is -0.680. The predicted octanol–water partition coefficient (Wildman–Crippen LogP) is 4.48. The molecule has 3 rings (SSSR count). The van der Waals surface area contributed by atoms with Crippen LogP contribution in [0, 0.1) is 0 Å². The van der Waals surface area contributed by atoms with Gasteiger partial charge >= 0.3 is 0 Å². The molecule has 2 aromatic rings. The maximum Gasteiger partial charge on any atom is 0.0814 e. The Morgan fingerprint density at radius 1 is 1.10 bits per heavy atom. The van der Waals surface area contributed by atoms with Crippen molar-refractivity contribution in [3.8, 4) is 0 Å². The van der Waals surface area contributed by atoms with Crippen molar-refractivity contribution in [2.24, 2.45) is 0 Å². The summed E-state index contributed by atoms with van der Waals surface area (Å²) >= 11 is 5.38. The number of thiophene rings is 1. The van der Waals surface area contributed by atoms with E-state index in [-0.39, 0.29) is 0 Å². The Labute approximate surface area is 132 Å². The summed E-state index contributed by atoms with van der Waals surface area (Å²) in [4.78, 5) is 2.70. The van der Waals surface area contributed by atoms with E-state index in [9.17, 15) is 0 Å². The molecule has 4 heteroatoms. The summed E-state index contributed by atoms with van der Waals surface area (Å²) in [5.41, 5.74) is 1.19. The summed E-state index contributed by atoms with van der Waals surface area (Å²) in [7, 11) is 0. The molecule has 1 fully saturated rings. The van der Waals surface area contributed by atoms with Crippen LogP contribution in [0.4, 0.5) is 0 Å². The summed E-state index contributed by atoms with van der Waals surface area (Å²) in [5.74, 6) is 0. The Balaban J connectivity index is 1.45. The number of ether oxygens (including phenoxy) is 1. The third-order valence-electron chi connectivity index (χ3n) is 3.32. The molecule has 0 unspecified atom stereocenters. The molecular formula is C16H18BrNOS. The third-order valence-corrected chi connectivity index (χ3v) is 5.15. The summed E-state index contributed by atoms with van der Waals surface area (Å²) in [6.07, 6.45) is 2.68. The first-order chi connectivity index (χ1) is 9.81. The van der Waals surface area contributed by atoms with Gasteiger partial charge in [0.15, 0.2) is 0 Å². The molecule has 1 aromatic heterocycles. The molecule has 1 aliphatic rings. The van der Waals surface area contributed by atoms with Gasteiger partial charge in [-0.2, -0.15) is 0 Å². The fourth-order valence-electron chi connectivity index (χ4n) is 2.00. The van der Waals surface area contributed by atoms with Gasteiger partial charge in [0.05, 0.1) is 13.2 Å². The highest BCUT2D eigenvalue weighted by Gasteiger charge is 2.20. The van der Waals surface area contributed by atoms with Crippen molar-refractivity contribution in [2.45, 2.75) is 38.6 Å². The van der Waals surface area contributed by atoms with Crippen LogP contribution in [-0.4, -0.2) is 6.04 Å². The standard InChI is InChI=1S/C16H18BrNOS/c17-16-4-2-1-3-12(16)10-19-11-15-8-7-14(20-15)9-18-13-5-6-13/h1-4,7-8,13,18H,5-6,9-11H2. The molecule has 2 nitrogen and oxygen atoms in total. The summed E-state index contributed by atoms with van der Waals surface area (Å²) in [5, 5.41) is 3.54. The lowest BCUT2D eigenvalue weighted by Crippen LogP contribution is -2.14. The van der Waals surface area contributed by atoms with Crippen molar-refractivity contribution < 1.29 is 4.74 Å². The van der Waals surface area contributed by atoms with Crippen molar-refractivity contribution in [2.75, 3.05) is 0 Å². The van der Waals surface area contributed by atoms with E-state index >= 15 is 0 Å². The zero-order valence-corrected chi connectivity index (χ0v) is 13.7. The number of hydrogen-bond acceptors (Lipinski definition) is 3. The molecule has 0 amide bonds. The van der Waals surface area contributed by atoms with Crippen molar-refractivity contribution in [1.29, 1.82) is 0 Å². The Kier molecular flexibility index (Phi) is 4.89. The molecule has 1 saturated carbocycles. The predicted molar refractivity (Wildman–Crippen MR) is 86.8 cm³/mol. The largest absolute Gasteiger partial charge is 0.371 e. The second-order valence-electron chi connectivity index (χ2n) is 5.11. The lowest BCUT2D eigenvalue weighted by Gasteiger charge is -2.05. The van der Waals surface area contributed by atoms with Gasteiger partial charge in [0.1, 0.15) is 0 Å². The quantitative estimate of drug-likeness (QED) is 0.793. The van der Waals surface area contributed by atoms with Gasteiger partial charge in [-0.15, -0.1) is 11.3 Å². The molecule has 106 valence electrons. The molecule has 1 aliphatic carbocycles. The molecule has 0 atom stereocenters. The number of rotatable bonds is 7. The summed E-state index contributed by atoms with van der Waals surface area (Å²) in [6, 6.07) is 13.3. The van der Waals surface area contributed by atoms with Crippen LogP contribution in [0.1, 0.15) is 28.2 Å². The monoisotopic (exact) mass is 351 g/mol. The van der Waals surface area contributed by atoms with Gasteiger partial charge < -0.3 is 10.1 Å². The van der Waals surface area contributed by atoms with Crippen LogP contribution in [0.2, 0.25) is 0 Å². The number of nitrogens with one attached hydrogen (secondary N) is 1. The third kappa shape index (κ3) is 4.16. The maximum absolute atomic E-state index is 5.80. The van der Waals surface area contributed by atoms with E-state index in [0.717, 1.165) is 17.1 Å². The molecule has 1 aromatic carbocycles. The van der Waals surface area contributed by atoms with Crippen LogP contribution in [0.25, 0.3) is 0 Å². The van der Waals surface area contributed by atoms with Gasteiger partial charge in [0.25, 0.3) is 0 Å². The van der Waals surface area contributed by atoms with Crippen LogP contribution in [0.3, 0.4) is 0 Å². The molecule has 0 spiro atoms. The minimum atomic E-state index is 0.648. The lowest BCUT2D eigenvalue weighted by molar-refractivity contribution is 0.109. The van der Waals surface area contributed by atoms with Gasteiger partial charge in [-0.25, -0.2) is 0 Å². The van der Waals surface area contributed by atoms with Crippen molar-refractivity contribution >= 4 is 27.3 Å². The Morgan fingerprint density at radius 2 is 1.90 bits per heavy atom. The number of hydrogen-bond donors (Lipinski definition) is 1. The van der Waals surface area contributed by atoms with Crippen LogP contribution in [0.5, 0.6) is 0 Å². The van der Waals surface area contributed by atoms with Crippen LogP contribution in [-0.2, 0) is 24.5 Å². The van der Waals surface area contributed by atoms with Crippen LogP contribution in [0.15, 0.2) is 40.9 Å². The average Bonchev–Trinajstić information content (AvgIpc) is 3.18. The topological polar surface area (TPSA) is 21.3 Å². The van der Waals surface area contributed by atoms with Gasteiger partial charge in [0.2, 0.25) is 0 Å². The minimum Gasteiger partial charge on any atom is -0.371 e. The van der Waals surface area contributed by atoms with Gasteiger partial charge in [-0.3, -0.25) is 0 Å². The van der Waals surface area contributed by atoms with Crippen molar-refractivity contribution in [1.82, 2.24) is 5.32 Å². The normalized spacial score (nSPS) is 14.7. The van der Waals surface area contributed by atoms with E-state index in [4.69, 9.17) is 4.74 Å². The number of benzene rings is 1. The molecule has 0 bridgehead atoms. The highest BCUT2D eigenvalue weighted by atomic mass is 79.9. The number of halogens is 1. The first kappa shape index (κ1) is 14.3. The minimum absolute atomic E-state index is 0.648. The molecular weight excluding hydrogens is 334 g/mol. The van der Waals surface area contributed by atoms with Crippen molar-refractivity contribution in [3.05, 3.63) is 56.2 Å².